The van der Waals surface area contributed by atoms with E-state index in [9.17, 15) is 8.78 Å². The monoisotopic (exact) mass is 253 g/mol. The zero-order valence-corrected chi connectivity index (χ0v) is 8.38. The van der Waals surface area contributed by atoms with Gasteiger partial charge in [0.2, 0.25) is 0 Å². The first-order chi connectivity index (χ1) is 5.46. The highest BCUT2D eigenvalue weighted by atomic mass is 79.9. The number of hydrogen-bond donors (Lipinski definition) is 1. The lowest BCUT2D eigenvalue weighted by molar-refractivity contribution is 0.0892. The third-order valence-electron chi connectivity index (χ3n) is 2.11. The van der Waals surface area contributed by atoms with Crippen LogP contribution in [0.5, 0.6) is 0 Å². The van der Waals surface area contributed by atoms with Crippen LogP contribution in [-0.4, -0.2) is 5.92 Å². The molecule has 1 aromatic rings. The fourth-order valence-corrected chi connectivity index (χ4v) is 2.40. The number of halogens is 3. The van der Waals surface area contributed by atoms with Crippen LogP contribution in [0.15, 0.2) is 15.2 Å². The van der Waals surface area contributed by atoms with Crippen LogP contribution < -0.4 is 5.73 Å². The van der Waals surface area contributed by atoms with Crippen molar-refractivity contribution in [1.82, 2.24) is 0 Å². The number of nitrogens with two attached hydrogens (primary N) is 1. The minimum atomic E-state index is -2.71. The number of rotatable bonds is 1. The molecule has 1 heterocycles. The van der Waals surface area contributed by atoms with E-state index >= 15 is 0 Å². The molecule has 0 aliphatic heterocycles. The van der Waals surface area contributed by atoms with Gasteiger partial charge in [0.15, 0.2) is 0 Å². The third kappa shape index (κ3) is 1.03. The highest BCUT2D eigenvalue weighted by Gasteiger charge is 2.70. The Morgan fingerprint density at radius 2 is 2.17 bits per heavy atom. The van der Waals surface area contributed by atoms with Crippen LogP contribution in [0.25, 0.3) is 0 Å². The molecule has 1 aliphatic carbocycles. The summed E-state index contributed by atoms with van der Waals surface area (Å²) in [4.78, 5) is 0. The molecule has 5 heteroatoms. The van der Waals surface area contributed by atoms with Crippen molar-refractivity contribution in [1.29, 1.82) is 0 Å². The van der Waals surface area contributed by atoms with Crippen LogP contribution in [0.4, 0.5) is 8.78 Å². The molecule has 1 fully saturated rings. The highest BCUT2D eigenvalue weighted by Crippen LogP contribution is 2.58. The Morgan fingerprint density at radius 3 is 2.50 bits per heavy atom. The van der Waals surface area contributed by atoms with E-state index in [0.717, 1.165) is 3.79 Å². The quantitative estimate of drug-likeness (QED) is 0.819. The van der Waals surface area contributed by atoms with E-state index < -0.39 is 11.5 Å². The topological polar surface area (TPSA) is 26.0 Å². The van der Waals surface area contributed by atoms with Gasteiger partial charge < -0.3 is 5.73 Å². The van der Waals surface area contributed by atoms with Crippen molar-refractivity contribution in [2.75, 3.05) is 0 Å². The molecule has 1 unspecified atom stereocenters. The number of hydrogen-bond acceptors (Lipinski definition) is 2. The van der Waals surface area contributed by atoms with E-state index in [1.54, 1.807) is 11.4 Å². The Morgan fingerprint density at radius 1 is 1.58 bits per heavy atom. The van der Waals surface area contributed by atoms with E-state index in [0.29, 0.717) is 5.56 Å². The molecule has 0 spiro atoms. The Balaban J connectivity index is 2.34. The summed E-state index contributed by atoms with van der Waals surface area (Å²) in [6, 6.07) is 1.66. The minimum absolute atomic E-state index is 0.233. The lowest BCUT2D eigenvalue weighted by Crippen LogP contribution is -2.26. The van der Waals surface area contributed by atoms with Gasteiger partial charge in [-0.2, -0.15) is 0 Å². The Bertz CT molecular complexity index is 325. The Labute approximate surface area is 80.7 Å². The Hall–Kier alpha value is -0.000000000000000111. The van der Waals surface area contributed by atoms with Gasteiger partial charge >= 0.3 is 0 Å². The second kappa shape index (κ2) is 2.27. The predicted molar refractivity (Wildman–Crippen MR) is 47.4 cm³/mol. The standard InChI is InChI=1S/C7H6BrF2NS/c8-5-1-4(2-12-5)6(11)3-7(6,9)10/h1-2H,3,11H2. The van der Waals surface area contributed by atoms with Crippen molar-refractivity contribution in [2.24, 2.45) is 5.73 Å². The molecule has 0 bridgehead atoms. The van der Waals surface area contributed by atoms with Crippen LogP contribution in [0.1, 0.15) is 12.0 Å². The van der Waals surface area contributed by atoms with E-state index in [-0.39, 0.29) is 6.42 Å². The van der Waals surface area contributed by atoms with Gasteiger partial charge in [-0.25, -0.2) is 8.78 Å². The summed E-state index contributed by atoms with van der Waals surface area (Å²) in [5.41, 5.74) is 4.63. The fourth-order valence-electron chi connectivity index (χ4n) is 1.16. The summed E-state index contributed by atoms with van der Waals surface area (Å²) in [5.74, 6) is -2.71. The average molecular weight is 254 g/mol. The molecule has 1 atom stereocenters. The summed E-state index contributed by atoms with van der Waals surface area (Å²) in [7, 11) is 0. The largest absolute Gasteiger partial charge is 0.316 e. The van der Waals surface area contributed by atoms with Gasteiger partial charge in [0.05, 0.1) is 3.79 Å². The van der Waals surface area contributed by atoms with E-state index in [1.807, 2.05) is 0 Å². The molecule has 2 rings (SSSR count). The molecule has 1 aromatic heterocycles. The summed E-state index contributed by atoms with van der Waals surface area (Å²) in [6.07, 6.45) is -0.233. The zero-order chi connectivity index (χ0) is 8.98. The van der Waals surface area contributed by atoms with Crippen molar-refractivity contribution in [3.05, 3.63) is 20.8 Å². The summed E-state index contributed by atoms with van der Waals surface area (Å²) in [6.45, 7) is 0. The summed E-state index contributed by atoms with van der Waals surface area (Å²) >= 11 is 4.58. The van der Waals surface area contributed by atoms with Crippen molar-refractivity contribution < 1.29 is 8.78 Å². The van der Waals surface area contributed by atoms with Gasteiger partial charge in [0, 0.05) is 6.42 Å². The molecule has 1 aliphatic rings. The first-order valence-corrected chi connectivity index (χ1v) is 5.04. The second-order valence-corrected chi connectivity index (χ2v) is 5.28. The molecular formula is C7H6BrF2NS. The van der Waals surface area contributed by atoms with E-state index in [4.69, 9.17) is 5.73 Å². The lowest BCUT2D eigenvalue weighted by Gasteiger charge is -2.06. The smallest absolute Gasteiger partial charge is 0.272 e. The normalized spacial score (nSPS) is 32.0. The maximum atomic E-state index is 12.7. The van der Waals surface area contributed by atoms with Gasteiger partial charge in [-0.1, -0.05) is 0 Å². The van der Waals surface area contributed by atoms with Gasteiger partial charge in [-0.05, 0) is 32.9 Å². The SMILES string of the molecule is NC1(c2csc(Br)c2)CC1(F)F. The summed E-state index contributed by atoms with van der Waals surface area (Å²) in [5, 5.41) is 1.67. The van der Waals surface area contributed by atoms with Crippen molar-refractivity contribution in [3.63, 3.8) is 0 Å². The molecule has 1 saturated carbocycles. The van der Waals surface area contributed by atoms with Crippen LogP contribution in [0.3, 0.4) is 0 Å². The first-order valence-electron chi connectivity index (χ1n) is 3.37. The van der Waals surface area contributed by atoms with E-state index in [2.05, 4.69) is 15.9 Å². The molecule has 0 aromatic carbocycles. The zero-order valence-electron chi connectivity index (χ0n) is 5.98. The van der Waals surface area contributed by atoms with Crippen LogP contribution in [0, 0.1) is 0 Å². The maximum absolute atomic E-state index is 12.7. The highest BCUT2D eigenvalue weighted by molar-refractivity contribution is 9.11. The number of alkyl halides is 2. The molecule has 12 heavy (non-hydrogen) atoms. The van der Waals surface area contributed by atoms with Gasteiger partial charge in [0.25, 0.3) is 5.92 Å². The second-order valence-electron chi connectivity index (χ2n) is 2.99. The number of thiophene rings is 1. The molecule has 0 radical (unpaired) electrons. The summed E-state index contributed by atoms with van der Waals surface area (Å²) < 4.78 is 26.3. The molecule has 0 amide bonds. The molecule has 0 saturated heterocycles. The predicted octanol–water partition coefficient (Wildman–Crippen LogP) is 2.70. The fraction of sp³-hybridized carbons (Fsp3) is 0.429. The minimum Gasteiger partial charge on any atom is -0.316 e. The van der Waals surface area contributed by atoms with Crippen molar-refractivity contribution in [2.45, 2.75) is 17.9 Å². The molecule has 2 N–H and O–H groups in total. The maximum Gasteiger partial charge on any atom is 0.272 e. The Kier molecular flexibility index (Phi) is 1.63. The van der Waals surface area contributed by atoms with E-state index in [1.165, 1.54) is 11.3 Å². The van der Waals surface area contributed by atoms with Crippen LogP contribution in [0.2, 0.25) is 0 Å². The van der Waals surface area contributed by atoms with Crippen molar-refractivity contribution in [3.8, 4) is 0 Å². The first kappa shape index (κ1) is 8.59. The molecular weight excluding hydrogens is 248 g/mol. The lowest BCUT2D eigenvalue weighted by atomic mass is 10.1. The van der Waals surface area contributed by atoms with Gasteiger partial charge in [0.1, 0.15) is 5.54 Å². The molecule has 66 valence electrons. The van der Waals surface area contributed by atoms with Gasteiger partial charge in [-0.15, -0.1) is 11.3 Å². The third-order valence-corrected chi connectivity index (χ3v) is 3.62. The van der Waals surface area contributed by atoms with Crippen molar-refractivity contribution >= 4 is 27.3 Å². The molecule has 1 nitrogen and oxygen atoms in total. The van der Waals surface area contributed by atoms with Gasteiger partial charge in [-0.3, -0.25) is 0 Å². The van der Waals surface area contributed by atoms with Crippen LogP contribution >= 0.6 is 27.3 Å². The van der Waals surface area contributed by atoms with Crippen LogP contribution in [-0.2, 0) is 5.54 Å². The average Bonchev–Trinajstić information content (AvgIpc) is 2.37.